The number of piperidine rings is 1. The number of halogens is 2. The predicted molar refractivity (Wildman–Crippen MR) is 114 cm³/mol. The minimum Gasteiger partial charge on any atom is -0.369 e. The van der Waals surface area contributed by atoms with E-state index in [4.69, 9.17) is 28.2 Å². The van der Waals surface area contributed by atoms with Gasteiger partial charge in [-0.3, -0.25) is 9.89 Å². The number of nitrogens with one attached hydrogen (secondary N) is 1. The van der Waals surface area contributed by atoms with E-state index in [-0.39, 0.29) is 10.8 Å². The fraction of sp³-hybridized carbons (Fsp3) is 0.955. The van der Waals surface area contributed by atoms with Crippen molar-refractivity contribution in [2.75, 3.05) is 7.05 Å². The largest absolute Gasteiger partial charge is 0.369 e. The maximum atomic E-state index is 6.49. The molecule has 0 aromatic rings. The highest BCUT2D eigenvalue weighted by Crippen LogP contribution is 2.49. The van der Waals surface area contributed by atoms with Crippen molar-refractivity contribution in [1.29, 1.82) is 0 Å². The van der Waals surface area contributed by atoms with Crippen molar-refractivity contribution in [1.82, 2.24) is 10.2 Å². The summed E-state index contributed by atoms with van der Waals surface area (Å²) in [6.07, 6.45) is 11.7. The molecule has 0 aromatic heterocycles. The van der Waals surface area contributed by atoms with E-state index in [1.54, 1.807) is 0 Å². The molecule has 3 aliphatic heterocycles. The van der Waals surface area contributed by atoms with Crippen molar-refractivity contribution in [2.24, 2.45) is 28.7 Å². The maximum Gasteiger partial charge on any atom is 0.102 e. The third-order valence-corrected chi connectivity index (χ3v) is 9.83. The van der Waals surface area contributed by atoms with Gasteiger partial charge in [-0.05, 0) is 69.7 Å². The number of hydrogen-bond acceptors (Lipinski definition) is 3. The Labute approximate surface area is 174 Å². The fourth-order valence-electron chi connectivity index (χ4n) is 7.06. The van der Waals surface area contributed by atoms with E-state index in [2.05, 4.69) is 24.2 Å². The van der Waals surface area contributed by atoms with Gasteiger partial charge in [-0.15, -0.1) is 23.2 Å². The maximum absolute atomic E-state index is 6.49. The van der Waals surface area contributed by atoms with Crippen LogP contribution >= 0.6 is 23.2 Å². The highest BCUT2D eigenvalue weighted by molar-refractivity contribution is 6.30. The number of amidine groups is 1. The lowest BCUT2D eigenvalue weighted by molar-refractivity contribution is 0.0514. The molecule has 152 valence electrons. The Bertz CT molecular complexity index is 588. The first-order valence-corrected chi connectivity index (χ1v) is 12.2. The molecule has 0 aromatic carbocycles. The molecule has 5 rings (SSSR count). The third-order valence-electron chi connectivity index (χ3n) is 8.74. The zero-order chi connectivity index (χ0) is 18.7. The van der Waals surface area contributed by atoms with Gasteiger partial charge in [0.1, 0.15) is 5.84 Å². The molecule has 5 unspecified atom stereocenters. The van der Waals surface area contributed by atoms with Crippen molar-refractivity contribution >= 4 is 29.0 Å². The minimum absolute atomic E-state index is 0.0679. The van der Waals surface area contributed by atoms with Crippen molar-refractivity contribution in [3.63, 3.8) is 0 Å². The molecule has 2 saturated heterocycles. The first-order valence-electron chi connectivity index (χ1n) is 11.4. The zero-order valence-electron chi connectivity index (χ0n) is 16.8. The van der Waals surface area contributed by atoms with E-state index in [1.807, 2.05) is 0 Å². The van der Waals surface area contributed by atoms with Crippen LogP contribution in [-0.4, -0.2) is 52.7 Å². The SMILES string of the molecule is CC1CCC([C@H]2C[C@H]3CCC([C@H]2C2=NC4CC(Cl)C(Cl)CC4N2)N3C)CC1. The Morgan fingerprint density at radius 1 is 0.963 bits per heavy atom. The van der Waals surface area contributed by atoms with Crippen molar-refractivity contribution in [3.05, 3.63) is 0 Å². The van der Waals surface area contributed by atoms with Crippen LogP contribution in [0.4, 0.5) is 0 Å². The van der Waals surface area contributed by atoms with Gasteiger partial charge in [-0.2, -0.15) is 0 Å². The lowest BCUT2D eigenvalue weighted by Crippen LogP contribution is -2.55. The van der Waals surface area contributed by atoms with Crippen LogP contribution in [0.2, 0.25) is 0 Å². The van der Waals surface area contributed by atoms with Crippen molar-refractivity contribution < 1.29 is 0 Å². The normalized spacial score (nSPS) is 53.0. The van der Waals surface area contributed by atoms with Crippen molar-refractivity contribution in [2.45, 2.75) is 99.6 Å². The molecule has 3 nitrogen and oxygen atoms in total. The smallest absolute Gasteiger partial charge is 0.102 e. The van der Waals surface area contributed by atoms with E-state index in [1.165, 1.54) is 50.8 Å². The molecule has 4 fully saturated rings. The number of aliphatic imine (C=N–C) groups is 1. The van der Waals surface area contributed by atoms with Crippen LogP contribution in [0.1, 0.15) is 64.7 Å². The lowest BCUT2D eigenvalue weighted by atomic mass is 9.66. The van der Waals surface area contributed by atoms with E-state index in [0.29, 0.717) is 24.0 Å². The topological polar surface area (TPSA) is 27.6 Å². The highest BCUT2D eigenvalue weighted by atomic mass is 35.5. The second-order valence-corrected chi connectivity index (χ2v) is 11.4. The van der Waals surface area contributed by atoms with Crippen LogP contribution < -0.4 is 5.32 Å². The molecule has 2 saturated carbocycles. The summed E-state index contributed by atoms with van der Waals surface area (Å²) in [5.41, 5.74) is 0. The standard InChI is InChI=1S/C22H35Cl2N3/c1-12-3-5-13(6-4-12)15-9-14-7-8-20(27(14)2)21(15)22-25-18-10-16(23)17(24)11-19(18)26-22/h12-21H,3-11H2,1-2H3,(H,25,26)/t12?,13?,14-,15-,16?,17?,18?,19?,20?,21+/m1/s1. The van der Waals surface area contributed by atoms with Gasteiger partial charge in [0, 0.05) is 18.0 Å². The molecule has 1 N–H and O–H groups in total. The van der Waals surface area contributed by atoms with Gasteiger partial charge in [-0.25, -0.2) is 0 Å². The number of alkyl halides is 2. The van der Waals surface area contributed by atoms with E-state index >= 15 is 0 Å². The predicted octanol–water partition coefficient (Wildman–Crippen LogP) is 4.66. The van der Waals surface area contributed by atoms with Crippen LogP contribution in [0.15, 0.2) is 4.99 Å². The average Bonchev–Trinajstić information content (AvgIpc) is 3.13. The van der Waals surface area contributed by atoms with E-state index < -0.39 is 0 Å². The fourth-order valence-corrected chi connectivity index (χ4v) is 7.65. The van der Waals surface area contributed by atoms with Gasteiger partial charge >= 0.3 is 0 Å². The summed E-state index contributed by atoms with van der Waals surface area (Å²) in [7, 11) is 2.36. The molecule has 2 bridgehead atoms. The summed E-state index contributed by atoms with van der Waals surface area (Å²) in [6.45, 7) is 2.44. The molecule has 0 radical (unpaired) electrons. The minimum atomic E-state index is 0.0679. The highest BCUT2D eigenvalue weighted by Gasteiger charge is 2.52. The monoisotopic (exact) mass is 411 g/mol. The molecule has 0 spiro atoms. The molecule has 0 amide bonds. The summed E-state index contributed by atoms with van der Waals surface area (Å²) in [5.74, 6) is 4.56. The Morgan fingerprint density at radius 3 is 2.48 bits per heavy atom. The van der Waals surface area contributed by atoms with Gasteiger partial charge in [0.05, 0.1) is 22.8 Å². The zero-order valence-corrected chi connectivity index (χ0v) is 18.3. The molecule has 5 heteroatoms. The summed E-state index contributed by atoms with van der Waals surface area (Å²) in [5, 5.41) is 4.02. The Morgan fingerprint density at radius 2 is 1.70 bits per heavy atom. The van der Waals surface area contributed by atoms with Gasteiger partial charge in [0.25, 0.3) is 0 Å². The first kappa shape index (κ1) is 19.0. The van der Waals surface area contributed by atoms with Crippen LogP contribution in [-0.2, 0) is 0 Å². The van der Waals surface area contributed by atoms with Gasteiger partial charge in [-0.1, -0.05) is 19.8 Å². The summed E-state index contributed by atoms with van der Waals surface area (Å²) < 4.78 is 0. The van der Waals surface area contributed by atoms with Crippen LogP contribution in [0.3, 0.4) is 0 Å². The lowest BCUT2D eigenvalue weighted by Gasteiger charge is -2.47. The van der Waals surface area contributed by atoms with Gasteiger partial charge in [0.15, 0.2) is 0 Å². The van der Waals surface area contributed by atoms with Gasteiger partial charge in [0.2, 0.25) is 0 Å². The molecular weight excluding hydrogens is 377 g/mol. The molecule has 5 aliphatic rings. The summed E-state index contributed by atoms with van der Waals surface area (Å²) >= 11 is 13.0. The quantitative estimate of drug-likeness (QED) is 0.668. The van der Waals surface area contributed by atoms with Gasteiger partial charge < -0.3 is 5.32 Å². The average molecular weight is 412 g/mol. The molecule has 3 heterocycles. The molecule has 2 aliphatic carbocycles. The number of fused-ring (bicyclic) bond motifs is 3. The second kappa shape index (κ2) is 7.36. The Hall–Kier alpha value is 0.01000. The van der Waals surface area contributed by atoms with Crippen LogP contribution in [0.5, 0.6) is 0 Å². The number of hydrogen-bond donors (Lipinski definition) is 1. The Kier molecular flexibility index (Phi) is 5.18. The first-order chi connectivity index (χ1) is 13.0. The molecular formula is C22H35Cl2N3. The van der Waals surface area contributed by atoms with E-state index in [0.717, 1.165) is 36.6 Å². The number of rotatable bonds is 2. The molecule has 8 atom stereocenters. The number of nitrogens with zero attached hydrogens (tertiary/aromatic N) is 2. The third kappa shape index (κ3) is 3.34. The van der Waals surface area contributed by atoms with Crippen LogP contribution in [0, 0.1) is 23.7 Å². The Balaban J connectivity index is 1.40. The second-order valence-electron chi connectivity index (χ2n) is 10.2. The van der Waals surface area contributed by atoms with E-state index in [9.17, 15) is 0 Å². The summed E-state index contributed by atoms with van der Waals surface area (Å²) in [6, 6.07) is 2.24. The molecule has 27 heavy (non-hydrogen) atoms. The van der Waals surface area contributed by atoms with Crippen molar-refractivity contribution in [3.8, 4) is 0 Å². The van der Waals surface area contributed by atoms with Crippen LogP contribution in [0.25, 0.3) is 0 Å². The summed E-state index contributed by atoms with van der Waals surface area (Å²) in [4.78, 5) is 7.95.